The third kappa shape index (κ3) is 3.18. The SMILES string of the molecule is O=C(O)c1cnn(-c2nc3cc(Cl)ccc3c(=O)n2S(=O)(=O)c2ccccc2)c1. The third-order valence-electron chi connectivity index (χ3n) is 4.09. The fourth-order valence-corrected chi connectivity index (χ4v) is 4.27. The Hall–Kier alpha value is -3.50. The summed E-state index contributed by atoms with van der Waals surface area (Å²) < 4.78 is 27.9. The fourth-order valence-electron chi connectivity index (χ4n) is 2.73. The van der Waals surface area contributed by atoms with Crippen molar-refractivity contribution in [2.24, 2.45) is 0 Å². The minimum absolute atomic E-state index is 0.0308. The van der Waals surface area contributed by atoms with Crippen molar-refractivity contribution in [3.63, 3.8) is 0 Å². The number of benzene rings is 2. The highest BCUT2D eigenvalue weighted by molar-refractivity contribution is 7.90. The fraction of sp³-hybridized carbons (Fsp3) is 0. The molecule has 0 aliphatic carbocycles. The molecule has 0 aliphatic heterocycles. The lowest BCUT2D eigenvalue weighted by Crippen LogP contribution is -2.32. The van der Waals surface area contributed by atoms with E-state index in [1.54, 1.807) is 6.07 Å². The predicted molar refractivity (Wildman–Crippen MR) is 104 cm³/mol. The average Bonchev–Trinajstić information content (AvgIpc) is 3.18. The molecule has 0 atom stereocenters. The van der Waals surface area contributed by atoms with E-state index in [0.717, 1.165) is 17.1 Å². The standard InChI is InChI=1S/C18H11ClN4O5S/c19-12-6-7-14-15(8-12)21-18(22-10-11(9-20-22)17(25)26)23(16(14)24)29(27,28)13-4-2-1-3-5-13/h1-10H,(H,25,26). The zero-order chi connectivity index (χ0) is 20.8. The molecule has 11 heteroatoms. The number of hydrogen-bond acceptors (Lipinski definition) is 6. The summed E-state index contributed by atoms with van der Waals surface area (Å²) in [4.78, 5) is 28.4. The molecular formula is C18H11ClN4O5S. The summed E-state index contributed by atoms with van der Waals surface area (Å²) in [6.45, 7) is 0. The van der Waals surface area contributed by atoms with Crippen molar-refractivity contribution >= 4 is 38.5 Å². The van der Waals surface area contributed by atoms with Gasteiger partial charge >= 0.3 is 5.97 Å². The summed E-state index contributed by atoms with van der Waals surface area (Å²) in [5, 5.41) is 13.3. The maximum absolute atomic E-state index is 13.2. The van der Waals surface area contributed by atoms with Gasteiger partial charge in [-0.1, -0.05) is 29.8 Å². The molecule has 2 aromatic heterocycles. The van der Waals surface area contributed by atoms with Crippen LogP contribution in [0.5, 0.6) is 0 Å². The summed E-state index contributed by atoms with van der Waals surface area (Å²) in [5.74, 6) is -1.65. The van der Waals surface area contributed by atoms with Gasteiger partial charge in [-0.05, 0) is 30.3 Å². The number of aromatic carboxylic acids is 1. The van der Waals surface area contributed by atoms with Gasteiger partial charge in [-0.3, -0.25) is 4.79 Å². The van der Waals surface area contributed by atoms with Crippen LogP contribution in [0.4, 0.5) is 0 Å². The molecule has 146 valence electrons. The number of aromatic nitrogens is 4. The lowest BCUT2D eigenvalue weighted by atomic mass is 10.2. The number of fused-ring (bicyclic) bond motifs is 1. The molecule has 0 radical (unpaired) electrons. The highest BCUT2D eigenvalue weighted by atomic mass is 35.5. The monoisotopic (exact) mass is 430 g/mol. The highest BCUT2D eigenvalue weighted by Crippen LogP contribution is 2.20. The van der Waals surface area contributed by atoms with Crippen molar-refractivity contribution in [1.82, 2.24) is 18.7 Å². The minimum atomic E-state index is -4.36. The van der Waals surface area contributed by atoms with Crippen molar-refractivity contribution in [2.75, 3.05) is 0 Å². The van der Waals surface area contributed by atoms with Crippen molar-refractivity contribution in [3.05, 3.63) is 81.9 Å². The first-order valence-electron chi connectivity index (χ1n) is 8.10. The lowest BCUT2D eigenvalue weighted by Gasteiger charge is -2.14. The van der Waals surface area contributed by atoms with Gasteiger partial charge in [-0.25, -0.2) is 22.9 Å². The van der Waals surface area contributed by atoms with Crippen LogP contribution in [-0.4, -0.2) is 38.2 Å². The summed E-state index contributed by atoms with van der Waals surface area (Å²) in [6, 6.07) is 11.6. The van der Waals surface area contributed by atoms with E-state index in [1.807, 2.05) is 0 Å². The Labute approximate surface area is 168 Å². The summed E-state index contributed by atoms with van der Waals surface area (Å²) >= 11 is 5.97. The second-order valence-corrected chi connectivity index (χ2v) is 8.16. The quantitative estimate of drug-likeness (QED) is 0.526. The molecule has 0 aliphatic rings. The zero-order valence-electron chi connectivity index (χ0n) is 14.4. The summed E-state index contributed by atoms with van der Waals surface area (Å²) in [5.41, 5.74) is -0.920. The van der Waals surface area contributed by atoms with Crippen LogP contribution in [0.3, 0.4) is 0 Å². The Morgan fingerprint density at radius 1 is 1.10 bits per heavy atom. The van der Waals surface area contributed by atoms with Crippen LogP contribution in [0.2, 0.25) is 5.02 Å². The van der Waals surface area contributed by atoms with Gasteiger partial charge in [0.2, 0.25) is 5.95 Å². The first-order valence-corrected chi connectivity index (χ1v) is 9.92. The Morgan fingerprint density at radius 3 is 2.48 bits per heavy atom. The first-order chi connectivity index (χ1) is 13.8. The molecule has 2 heterocycles. The number of hydrogen-bond donors (Lipinski definition) is 1. The molecule has 0 saturated heterocycles. The van der Waals surface area contributed by atoms with E-state index in [1.165, 1.54) is 42.5 Å². The molecule has 0 fully saturated rings. The number of carboxylic acid groups (broad SMARTS) is 1. The zero-order valence-corrected chi connectivity index (χ0v) is 16.0. The summed E-state index contributed by atoms with van der Waals surface area (Å²) in [7, 11) is -4.36. The number of nitrogens with zero attached hydrogens (tertiary/aromatic N) is 4. The van der Waals surface area contributed by atoms with Gasteiger partial charge in [0, 0.05) is 11.2 Å². The van der Waals surface area contributed by atoms with Gasteiger partial charge < -0.3 is 5.11 Å². The number of carboxylic acids is 1. The molecule has 1 N–H and O–H groups in total. The van der Waals surface area contributed by atoms with Crippen LogP contribution >= 0.6 is 11.6 Å². The van der Waals surface area contributed by atoms with E-state index in [2.05, 4.69) is 10.1 Å². The van der Waals surface area contributed by atoms with Crippen LogP contribution in [0.15, 0.2) is 70.6 Å². The highest BCUT2D eigenvalue weighted by Gasteiger charge is 2.26. The van der Waals surface area contributed by atoms with Crippen LogP contribution in [0.1, 0.15) is 10.4 Å². The maximum Gasteiger partial charge on any atom is 0.338 e. The van der Waals surface area contributed by atoms with Crippen molar-refractivity contribution in [2.45, 2.75) is 4.90 Å². The number of rotatable bonds is 4. The van der Waals surface area contributed by atoms with E-state index in [-0.39, 0.29) is 27.3 Å². The van der Waals surface area contributed by atoms with E-state index < -0.39 is 21.6 Å². The smallest absolute Gasteiger partial charge is 0.338 e. The average molecular weight is 431 g/mol. The molecule has 0 unspecified atom stereocenters. The van der Waals surface area contributed by atoms with Gasteiger partial charge in [0.1, 0.15) is 0 Å². The molecule has 0 spiro atoms. The van der Waals surface area contributed by atoms with Crippen molar-refractivity contribution in [1.29, 1.82) is 0 Å². The van der Waals surface area contributed by atoms with Crippen LogP contribution < -0.4 is 5.56 Å². The van der Waals surface area contributed by atoms with Gasteiger partial charge in [0.05, 0.1) is 27.6 Å². The van der Waals surface area contributed by atoms with E-state index in [4.69, 9.17) is 16.7 Å². The van der Waals surface area contributed by atoms with Crippen LogP contribution in [0.25, 0.3) is 16.9 Å². The molecular weight excluding hydrogens is 420 g/mol. The second kappa shape index (κ2) is 6.83. The van der Waals surface area contributed by atoms with Gasteiger partial charge in [0.25, 0.3) is 15.6 Å². The van der Waals surface area contributed by atoms with E-state index >= 15 is 0 Å². The normalized spacial score (nSPS) is 11.6. The molecule has 9 nitrogen and oxygen atoms in total. The molecule has 0 saturated carbocycles. The van der Waals surface area contributed by atoms with E-state index in [9.17, 15) is 18.0 Å². The molecule has 29 heavy (non-hydrogen) atoms. The van der Waals surface area contributed by atoms with Gasteiger partial charge in [-0.15, -0.1) is 0 Å². The van der Waals surface area contributed by atoms with Crippen LogP contribution in [0, 0.1) is 0 Å². The van der Waals surface area contributed by atoms with Crippen molar-refractivity contribution in [3.8, 4) is 5.95 Å². The Balaban J connectivity index is 2.11. The predicted octanol–water partition coefficient (Wildman–Crippen LogP) is 2.17. The van der Waals surface area contributed by atoms with Crippen LogP contribution in [-0.2, 0) is 10.0 Å². The number of halogens is 1. The number of carbonyl (C=O) groups is 1. The second-order valence-electron chi connectivity index (χ2n) is 5.94. The van der Waals surface area contributed by atoms with E-state index in [0.29, 0.717) is 9.00 Å². The molecule has 0 amide bonds. The van der Waals surface area contributed by atoms with Gasteiger partial charge in [-0.2, -0.15) is 9.07 Å². The van der Waals surface area contributed by atoms with Gasteiger partial charge in [0.15, 0.2) is 0 Å². The summed E-state index contributed by atoms with van der Waals surface area (Å²) in [6.07, 6.45) is 2.09. The maximum atomic E-state index is 13.2. The lowest BCUT2D eigenvalue weighted by molar-refractivity contribution is 0.0697. The molecule has 0 bridgehead atoms. The first kappa shape index (κ1) is 18.8. The third-order valence-corrected chi connectivity index (χ3v) is 6.01. The largest absolute Gasteiger partial charge is 0.478 e. The Bertz CT molecular complexity index is 1430. The minimum Gasteiger partial charge on any atom is -0.478 e. The topological polar surface area (TPSA) is 124 Å². The Kier molecular flexibility index (Phi) is 4.44. The molecule has 4 aromatic rings. The molecule has 2 aromatic carbocycles. The molecule has 4 rings (SSSR count). The van der Waals surface area contributed by atoms with Crippen molar-refractivity contribution < 1.29 is 18.3 Å². The Morgan fingerprint density at radius 2 is 1.83 bits per heavy atom.